The van der Waals surface area contributed by atoms with Crippen LogP contribution in [0.5, 0.6) is 11.5 Å². The maximum absolute atomic E-state index is 11.5. The van der Waals surface area contributed by atoms with E-state index >= 15 is 0 Å². The van der Waals surface area contributed by atoms with Crippen LogP contribution in [-0.2, 0) is 45.5 Å². The van der Waals surface area contributed by atoms with Crippen molar-refractivity contribution >= 4 is 33.5 Å². The van der Waals surface area contributed by atoms with Crippen LogP contribution in [0.3, 0.4) is 0 Å². The number of benzene rings is 6. The molecule has 6 aromatic carbocycles. The number of ether oxygens (including phenoxy) is 4. The third-order valence-corrected chi connectivity index (χ3v) is 7.70. The lowest BCUT2D eigenvalue weighted by Gasteiger charge is -2.20. The van der Waals surface area contributed by atoms with E-state index in [1.807, 2.05) is 121 Å². The lowest BCUT2D eigenvalue weighted by atomic mass is 9.91. The van der Waals surface area contributed by atoms with E-state index in [0.717, 1.165) is 54.9 Å². The average molecular weight is 611 g/mol. The molecular formula is C40H34O6. The first kappa shape index (κ1) is 30.4. The van der Waals surface area contributed by atoms with Crippen LogP contribution in [-0.4, -0.2) is 11.9 Å². The molecule has 0 aromatic heterocycles. The van der Waals surface area contributed by atoms with Gasteiger partial charge in [-0.25, -0.2) is 0 Å². The summed E-state index contributed by atoms with van der Waals surface area (Å²) >= 11 is 0. The third-order valence-electron chi connectivity index (χ3n) is 7.70. The minimum atomic E-state index is -0.325. The summed E-state index contributed by atoms with van der Waals surface area (Å²) in [7, 11) is 0. The molecular weight excluding hydrogens is 576 g/mol. The molecule has 6 aromatic rings. The van der Waals surface area contributed by atoms with Crippen molar-refractivity contribution in [3.63, 3.8) is 0 Å². The Morgan fingerprint density at radius 2 is 0.870 bits per heavy atom. The van der Waals surface area contributed by atoms with Gasteiger partial charge in [0.25, 0.3) is 0 Å². The Morgan fingerprint density at radius 3 is 1.26 bits per heavy atom. The van der Waals surface area contributed by atoms with Gasteiger partial charge in [-0.05, 0) is 68.1 Å². The van der Waals surface area contributed by atoms with E-state index in [4.69, 9.17) is 18.9 Å². The maximum Gasteiger partial charge on any atom is 0.302 e. The molecule has 0 aliphatic rings. The molecule has 0 aliphatic heterocycles. The van der Waals surface area contributed by atoms with Crippen LogP contribution in [0.2, 0.25) is 0 Å². The van der Waals surface area contributed by atoms with Gasteiger partial charge >= 0.3 is 11.9 Å². The number of carbonyl (C=O) groups is 2. The van der Waals surface area contributed by atoms with E-state index in [0.29, 0.717) is 24.7 Å². The Bertz CT molecular complexity index is 1850. The molecule has 0 saturated heterocycles. The van der Waals surface area contributed by atoms with Gasteiger partial charge in [-0.3, -0.25) is 9.59 Å². The monoisotopic (exact) mass is 610 g/mol. The first-order valence-electron chi connectivity index (χ1n) is 15.2. The van der Waals surface area contributed by atoms with Gasteiger partial charge in [-0.1, -0.05) is 97.1 Å². The van der Waals surface area contributed by atoms with Gasteiger partial charge in [-0.15, -0.1) is 0 Å². The molecule has 0 saturated carbocycles. The number of esters is 2. The van der Waals surface area contributed by atoms with Crippen molar-refractivity contribution in [3.05, 3.63) is 144 Å². The summed E-state index contributed by atoms with van der Waals surface area (Å²) < 4.78 is 23.7. The molecule has 0 radical (unpaired) electrons. The fourth-order valence-corrected chi connectivity index (χ4v) is 5.50. The highest BCUT2D eigenvalue weighted by molar-refractivity contribution is 6.10. The van der Waals surface area contributed by atoms with Gasteiger partial charge in [0.05, 0.1) is 0 Å². The average Bonchev–Trinajstić information content (AvgIpc) is 3.08. The third kappa shape index (κ3) is 7.19. The zero-order chi connectivity index (χ0) is 31.9. The quantitative estimate of drug-likeness (QED) is 0.136. The topological polar surface area (TPSA) is 71.1 Å². The minimum Gasteiger partial charge on any atom is -0.488 e. The van der Waals surface area contributed by atoms with E-state index < -0.39 is 0 Å². The van der Waals surface area contributed by atoms with Crippen molar-refractivity contribution in [3.8, 4) is 22.6 Å². The second-order valence-electron chi connectivity index (χ2n) is 11.1. The Balaban J connectivity index is 1.53. The second kappa shape index (κ2) is 14.0. The molecule has 0 amide bonds. The lowest BCUT2D eigenvalue weighted by molar-refractivity contribution is -0.143. The van der Waals surface area contributed by atoms with Crippen LogP contribution in [0, 0.1) is 0 Å². The molecule has 6 rings (SSSR count). The van der Waals surface area contributed by atoms with Crippen molar-refractivity contribution in [1.29, 1.82) is 0 Å². The molecule has 0 N–H and O–H groups in total. The maximum atomic E-state index is 11.5. The highest BCUT2D eigenvalue weighted by Gasteiger charge is 2.20. The summed E-state index contributed by atoms with van der Waals surface area (Å²) in [5, 5.41) is 3.89. The molecule has 0 heterocycles. The van der Waals surface area contributed by atoms with Crippen molar-refractivity contribution in [2.75, 3.05) is 0 Å². The van der Waals surface area contributed by atoms with E-state index in [-0.39, 0.29) is 25.2 Å². The fourth-order valence-electron chi connectivity index (χ4n) is 5.50. The summed E-state index contributed by atoms with van der Waals surface area (Å²) in [6, 6.07) is 40.3. The Labute approximate surface area is 268 Å². The van der Waals surface area contributed by atoms with Gasteiger partial charge in [-0.2, -0.15) is 0 Å². The summed E-state index contributed by atoms with van der Waals surface area (Å²) in [5.41, 5.74) is 5.68. The van der Waals surface area contributed by atoms with Gasteiger partial charge in [0.1, 0.15) is 37.9 Å². The summed E-state index contributed by atoms with van der Waals surface area (Å²) in [5.74, 6) is 0.777. The normalized spacial score (nSPS) is 10.9. The highest BCUT2D eigenvalue weighted by Crippen LogP contribution is 2.46. The highest BCUT2D eigenvalue weighted by atomic mass is 16.5. The predicted octanol–water partition coefficient (Wildman–Crippen LogP) is 8.94. The Hall–Kier alpha value is -5.62. The fraction of sp³-hybridized carbons (Fsp3) is 0.150. The number of rotatable bonds is 11. The van der Waals surface area contributed by atoms with Crippen LogP contribution in [0.15, 0.2) is 121 Å². The van der Waals surface area contributed by atoms with Crippen LogP contribution in [0.1, 0.15) is 36.1 Å². The number of carbonyl (C=O) groups excluding carboxylic acids is 2. The van der Waals surface area contributed by atoms with Gasteiger partial charge in [0, 0.05) is 25.0 Å². The van der Waals surface area contributed by atoms with Gasteiger partial charge in [0.15, 0.2) is 0 Å². The van der Waals surface area contributed by atoms with E-state index in [1.165, 1.54) is 13.8 Å². The lowest BCUT2D eigenvalue weighted by Crippen LogP contribution is -2.02. The van der Waals surface area contributed by atoms with Crippen LogP contribution in [0.4, 0.5) is 0 Å². The minimum absolute atomic E-state index is 0.192. The first-order chi connectivity index (χ1) is 22.4. The standard InChI is InChI=1S/C40H34O6/c1-27(41)43-25-31-13-17-35-33(21-31)15-19-37(45-23-29-9-5-3-6-10-29)39(35)40-36-18-14-32(26-44-28(2)42)22-34(36)16-20-38(40)46-24-30-11-7-4-8-12-30/h3-22H,23-26H2,1-2H3. The molecule has 6 heteroatoms. The van der Waals surface area contributed by atoms with E-state index in [9.17, 15) is 9.59 Å². The first-order valence-corrected chi connectivity index (χ1v) is 15.2. The Morgan fingerprint density at radius 1 is 0.457 bits per heavy atom. The van der Waals surface area contributed by atoms with Crippen LogP contribution >= 0.6 is 0 Å². The summed E-state index contributed by atoms with van der Waals surface area (Å²) in [4.78, 5) is 23.0. The van der Waals surface area contributed by atoms with E-state index in [1.54, 1.807) is 0 Å². The zero-order valence-electron chi connectivity index (χ0n) is 25.8. The molecule has 0 spiro atoms. The molecule has 0 aliphatic carbocycles. The number of fused-ring (bicyclic) bond motifs is 2. The SMILES string of the molecule is CC(=O)OCc1ccc2c(-c3c(OCc4ccccc4)ccc4cc(COC(C)=O)ccc34)c(OCc3ccccc3)ccc2c1. The predicted molar refractivity (Wildman–Crippen MR) is 179 cm³/mol. The van der Waals surface area contributed by atoms with Crippen molar-refractivity contribution in [2.24, 2.45) is 0 Å². The molecule has 0 bridgehead atoms. The molecule has 0 atom stereocenters. The number of hydrogen-bond donors (Lipinski definition) is 0. The largest absolute Gasteiger partial charge is 0.488 e. The number of hydrogen-bond acceptors (Lipinski definition) is 6. The molecule has 0 fully saturated rings. The smallest absolute Gasteiger partial charge is 0.302 e. The van der Waals surface area contributed by atoms with E-state index in [2.05, 4.69) is 0 Å². The molecule has 46 heavy (non-hydrogen) atoms. The molecule has 230 valence electrons. The Kier molecular flexibility index (Phi) is 9.25. The van der Waals surface area contributed by atoms with Gasteiger partial charge < -0.3 is 18.9 Å². The zero-order valence-corrected chi connectivity index (χ0v) is 25.8. The van der Waals surface area contributed by atoms with Gasteiger partial charge in [0.2, 0.25) is 0 Å². The van der Waals surface area contributed by atoms with Crippen LogP contribution < -0.4 is 9.47 Å². The van der Waals surface area contributed by atoms with Crippen molar-refractivity contribution in [2.45, 2.75) is 40.3 Å². The summed E-state index contributed by atoms with van der Waals surface area (Å²) in [6.07, 6.45) is 0. The van der Waals surface area contributed by atoms with Crippen molar-refractivity contribution in [1.82, 2.24) is 0 Å². The molecule has 0 unspecified atom stereocenters. The summed E-state index contributed by atoms with van der Waals surface area (Å²) in [6.45, 7) is 3.98. The van der Waals surface area contributed by atoms with Crippen LogP contribution in [0.25, 0.3) is 32.7 Å². The second-order valence-corrected chi connectivity index (χ2v) is 11.1. The van der Waals surface area contributed by atoms with Crippen molar-refractivity contribution < 1.29 is 28.5 Å². The molecule has 6 nitrogen and oxygen atoms in total.